The number of benzene rings is 1. The Hall–Kier alpha value is -2.51. The SMILES string of the molecule is O=C(O)C(C(=O)O)(C(=O)O)c1cc(F)ccc1F. The first-order valence-corrected chi connectivity index (χ1v) is 4.40. The van der Waals surface area contributed by atoms with Crippen LogP contribution in [0.5, 0.6) is 0 Å². The van der Waals surface area contributed by atoms with Gasteiger partial charge in [-0.3, -0.25) is 0 Å². The number of hydrogen-bond donors (Lipinski definition) is 3. The van der Waals surface area contributed by atoms with E-state index in [2.05, 4.69) is 0 Å². The second-order valence-corrected chi connectivity index (χ2v) is 3.29. The van der Waals surface area contributed by atoms with Crippen LogP contribution in [0.2, 0.25) is 0 Å². The maximum atomic E-state index is 13.4. The first-order valence-electron chi connectivity index (χ1n) is 4.40. The average Bonchev–Trinajstić information content (AvgIpc) is 2.22. The molecule has 3 N–H and O–H groups in total. The first kappa shape index (κ1) is 13.6. The van der Waals surface area contributed by atoms with Gasteiger partial charge in [0.15, 0.2) is 0 Å². The van der Waals surface area contributed by atoms with E-state index >= 15 is 0 Å². The van der Waals surface area contributed by atoms with E-state index in [4.69, 9.17) is 15.3 Å². The molecule has 0 saturated heterocycles. The molecule has 0 aliphatic carbocycles. The normalized spacial score (nSPS) is 11.0. The smallest absolute Gasteiger partial charge is 0.337 e. The minimum atomic E-state index is -3.59. The molecule has 0 radical (unpaired) electrons. The van der Waals surface area contributed by atoms with Crippen molar-refractivity contribution in [3.8, 4) is 0 Å². The minimum absolute atomic E-state index is 0.228. The molecule has 1 aromatic rings. The number of hydrogen-bond acceptors (Lipinski definition) is 3. The Balaban J connectivity index is 3.73. The molecule has 18 heavy (non-hydrogen) atoms. The molecule has 0 unspecified atom stereocenters. The summed E-state index contributed by atoms with van der Waals surface area (Å²) in [4.78, 5) is 32.8. The fourth-order valence-corrected chi connectivity index (χ4v) is 1.40. The van der Waals surface area contributed by atoms with Crippen molar-refractivity contribution in [3.05, 3.63) is 35.4 Å². The van der Waals surface area contributed by atoms with Crippen molar-refractivity contribution in [2.75, 3.05) is 0 Å². The topological polar surface area (TPSA) is 112 Å². The van der Waals surface area contributed by atoms with Crippen molar-refractivity contribution >= 4 is 17.9 Å². The summed E-state index contributed by atoms with van der Waals surface area (Å²) in [6.45, 7) is 0. The third-order valence-electron chi connectivity index (χ3n) is 2.29. The van der Waals surface area contributed by atoms with Gasteiger partial charge in [0.1, 0.15) is 11.6 Å². The van der Waals surface area contributed by atoms with E-state index in [1.54, 1.807) is 0 Å². The van der Waals surface area contributed by atoms with Crippen molar-refractivity contribution in [2.24, 2.45) is 0 Å². The average molecular weight is 260 g/mol. The van der Waals surface area contributed by atoms with Gasteiger partial charge in [0.2, 0.25) is 0 Å². The van der Waals surface area contributed by atoms with Crippen LogP contribution in [0.3, 0.4) is 0 Å². The lowest BCUT2D eigenvalue weighted by Crippen LogP contribution is -2.51. The second-order valence-electron chi connectivity index (χ2n) is 3.29. The van der Waals surface area contributed by atoms with E-state index in [0.717, 1.165) is 0 Å². The lowest BCUT2D eigenvalue weighted by Gasteiger charge is -2.20. The highest BCUT2D eigenvalue weighted by atomic mass is 19.1. The van der Waals surface area contributed by atoms with Gasteiger partial charge < -0.3 is 15.3 Å². The van der Waals surface area contributed by atoms with Crippen LogP contribution in [-0.2, 0) is 19.8 Å². The van der Waals surface area contributed by atoms with E-state index in [9.17, 15) is 23.2 Å². The lowest BCUT2D eigenvalue weighted by atomic mass is 9.80. The van der Waals surface area contributed by atoms with E-state index in [-0.39, 0.29) is 6.07 Å². The fraction of sp³-hybridized carbons (Fsp3) is 0.100. The van der Waals surface area contributed by atoms with E-state index in [1.165, 1.54) is 0 Å². The van der Waals surface area contributed by atoms with Crippen molar-refractivity contribution in [3.63, 3.8) is 0 Å². The molecule has 0 atom stereocenters. The number of carboxylic acid groups (broad SMARTS) is 3. The highest BCUT2D eigenvalue weighted by Gasteiger charge is 2.57. The maximum Gasteiger partial charge on any atom is 0.337 e. The molecule has 0 heterocycles. The Morgan fingerprint density at radius 2 is 1.39 bits per heavy atom. The molecule has 8 heteroatoms. The van der Waals surface area contributed by atoms with Gasteiger partial charge in [-0.2, -0.15) is 0 Å². The molecular formula is C10H6F2O6. The highest BCUT2D eigenvalue weighted by Crippen LogP contribution is 2.29. The van der Waals surface area contributed by atoms with Crippen molar-refractivity contribution in [1.29, 1.82) is 0 Å². The Morgan fingerprint density at radius 3 is 1.78 bits per heavy atom. The molecule has 0 aromatic heterocycles. The summed E-state index contributed by atoms with van der Waals surface area (Å²) in [7, 11) is 0. The number of halogens is 2. The summed E-state index contributed by atoms with van der Waals surface area (Å²) in [6.07, 6.45) is 0. The third kappa shape index (κ3) is 1.77. The van der Waals surface area contributed by atoms with Crippen LogP contribution >= 0.6 is 0 Å². The summed E-state index contributed by atoms with van der Waals surface area (Å²) < 4.78 is 26.3. The zero-order valence-electron chi connectivity index (χ0n) is 8.55. The Labute approximate surface area is 98.1 Å². The molecular weight excluding hydrogens is 254 g/mol. The standard InChI is InChI=1S/C10H6F2O6/c11-4-1-2-6(12)5(3-4)10(7(13)14,8(15)16)9(17)18/h1-3H,(H,13,14)(H,15,16)(H,17,18). The van der Waals surface area contributed by atoms with Gasteiger partial charge in [0.25, 0.3) is 5.41 Å². The first-order chi connectivity index (χ1) is 8.24. The van der Waals surface area contributed by atoms with Crippen molar-refractivity contribution in [2.45, 2.75) is 5.41 Å². The van der Waals surface area contributed by atoms with Crippen LogP contribution in [0.1, 0.15) is 5.56 Å². The van der Waals surface area contributed by atoms with Crippen LogP contribution in [0.15, 0.2) is 18.2 Å². The molecule has 0 spiro atoms. The number of carbonyl (C=O) groups is 3. The Kier molecular flexibility index (Phi) is 3.31. The molecule has 96 valence electrons. The molecule has 0 bridgehead atoms. The van der Waals surface area contributed by atoms with Gasteiger partial charge in [0.05, 0.1) is 0 Å². The van der Waals surface area contributed by atoms with Crippen molar-refractivity contribution < 1.29 is 38.5 Å². The Bertz CT molecular complexity index is 503. The van der Waals surface area contributed by atoms with Crippen LogP contribution in [0, 0.1) is 11.6 Å². The molecule has 6 nitrogen and oxygen atoms in total. The minimum Gasteiger partial charge on any atom is -0.480 e. The van der Waals surface area contributed by atoms with Gasteiger partial charge in [-0.1, -0.05) is 0 Å². The molecule has 0 saturated carbocycles. The highest BCUT2D eigenvalue weighted by molar-refractivity contribution is 6.22. The van der Waals surface area contributed by atoms with Crippen LogP contribution in [-0.4, -0.2) is 33.2 Å². The predicted octanol–water partition coefficient (Wildman–Crippen LogP) is 0.456. The molecule has 1 rings (SSSR count). The van der Waals surface area contributed by atoms with E-state index < -0.39 is 40.5 Å². The zero-order chi connectivity index (χ0) is 14.1. The monoisotopic (exact) mass is 260 g/mol. The van der Waals surface area contributed by atoms with Crippen LogP contribution in [0.4, 0.5) is 8.78 Å². The molecule has 0 amide bonds. The van der Waals surface area contributed by atoms with Gasteiger partial charge in [-0.25, -0.2) is 23.2 Å². The Morgan fingerprint density at radius 1 is 0.944 bits per heavy atom. The van der Waals surface area contributed by atoms with Gasteiger partial charge in [0, 0.05) is 5.56 Å². The van der Waals surface area contributed by atoms with Crippen molar-refractivity contribution in [1.82, 2.24) is 0 Å². The maximum absolute atomic E-state index is 13.4. The van der Waals surface area contributed by atoms with Gasteiger partial charge in [-0.15, -0.1) is 0 Å². The third-order valence-corrected chi connectivity index (χ3v) is 2.29. The largest absolute Gasteiger partial charge is 0.480 e. The summed E-state index contributed by atoms with van der Waals surface area (Å²) in [5.74, 6) is -9.57. The molecule has 0 aliphatic rings. The summed E-state index contributed by atoms with van der Waals surface area (Å²) >= 11 is 0. The second kappa shape index (κ2) is 4.40. The van der Waals surface area contributed by atoms with Gasteiger partial charge >= 0.3 is 17.9 Å². The van der Waals surface area contributed by atoms with Crippen LogP contribution < -0.4 is 0 Å². The summed E-state index contributed by atoms with van der Waals surface area (Å²) in [5.41, 5.74) is -4.87. The molecule has 0 fully saturated rings. The summed E-state index contributed by atoms with van der Waals surface area (Å²) in [6, 6.07) is 1.29. The number of carboxylic acids is 3. The van der Waals surface area contributed by atoms with E-state index in [1.807, 2.05) is 0 Å². The zero-order valence-corrected chi connectivity index (χ0v) is 8.55. The number of aliphatic carboxylic acids is 3. The molecule has 0 aliphatic heterocycles. The fourth-order valence-electron chi connectivity index (χ4n) is 1.40. The quantitative estimate of drug-likeness (QED) is 0.678. The number of rotatable bonds is 4. The lowest BCUT2D eigenvalue weighted by molar-refractivity contribution is -0.167. The van der Waals surface area contributed by atoms with Crippen LogP contribution in [0.25, 0.3) is 0 Å². The predicted molar refractivity (Wildman–Crippen MR) is 50.9 cm³/mol. The van der Waals surface area contributed by atoms with E-state index in [0.29, 0.717) is 12.1 Å². The molecule has 1 aromatic carbocycles. The van der Waals surface area contributed by atoms with Gasteiger partial charge in [-0.05, 0) is 18.2 Å². The summed E-state index contributed by atoms with van der Waals surface area (Å²) in [5, 5.41) is 26.3.